The fourth-order valence-corrected chi connectivity index (χ4v) is 1.80. The molecular formula is C14H9BrN2O2. The normalized spacial score (nSPS) is 9.68. The van der Waals surface area contributed by atoms with Gasteiger partial charge in [-0.05, 0) is 39.7 Å². The minimum Gasteiger partial charge on any atom is -0.457 e. The van der Waals surface area contributed by atoms with Crippen LogP contribution >= 0.6 is 15.9 Å². The van der Waals surface area contributed by atoms with Crippen LogP contribution in [0.15, 0.2) is 47.2 Å². The Labute approximate surface area is 118 Å². The molecule has 0 unspecified atom stereocenters. The molecule has 2 aromatic rings. The number of carbonyl (C=O) groups is 1. The molecule has 0 fully saturated rings. The second-order valence-corrected chi connectivity index (χ2v) is 4.69. The molecule has 1 heterocycles. The summed E-state index contributed by atoms with van der Waals surface area (Å²) in [7, 11) is 0. The summed E-state index contributed by atoms with van der Waals surface area (Å²) in [5.41, 5.74) is 1.80. The zero-order valence-corrected chi connectivity index (χ0v) is 11.4. The van der Waals surface area contributed by atoms with Gasteiger partial charge in [0.25, 0.3) is 0 Å². The Kier molecular flexibility index (Phi) is 4.26. The first-order valence-corrected chi connectivity index (χ1v) is 6.25. The molecule has 0 radical (unpaired) electrons. The van der Waals surface area contributed by atoms with Crippen LogP contribution in [0, 0.1) is 11.3 Å². The van der Waals surface area contributed by atoms with Crippen molar-refractivity contribution < 1.29 is 9.53 Å². The SMILES string of the molecule is N#Cc1ccc(COC(=O)c2cncc(Br)c2)cc1. The Bertz CT molecular complexity index is 633. The highest BCUT2D eigenvalue weighted by Crippen LogP contribution is 2.12. The smallest absolute Gasteiger partial charge is 0.340 e. The number of nitriles is 1. The van der Waals surface area contributed by atoms with Gasteiger partial charge in [0.05, 0.1) is 17.2 Å². The first-order valence-electron chi connectivity index (χ1n) is 5.46. The molecular weight excluding hydrogens is 308 g/mol. The fourth-order valence-electron chi connectivity index (χ4n) is 1.43. The largest absolute Gasteiger partial charge is 0.457 e. The number of halogens is 1. The van der Waals surface area contributed by atoms with E-state index in [4.69, 9.17) is 10.00 Å². The molecule has 0 bridgehead atoms. The van der Waals surface area contributed by atoms with E-state index in [0.717, 1.165) is 10.0 Å². The maximum absolute atomic E-state index is 11.8. The van der Waals surface area contributed by atoms with Crippen LogP contribution < -0.4 is 0 Å². The molecule has 0 saturated heterocycles. The first kappa shape index (κ1) is 13.2. The Morgan fingerprint density at radius 3 is 2.68 bits per heavy atom. The fraction of sp³-hybridized carbons (Fsp3) is 0.0714. The molecule has 0 aliphatic carbocycles. The molecule has 0 aliphatic heterocycles. The minimum atomic E-state index is -0.432. The summed E-state index contributed by atoms with van der Waals surface area (Å²) < 4.78 is 5.88. The van der Waals surface area contributed by atoms with Crippen LogP contribution in [0.25, 0.3) is 0 Å². The van der Waals surface area contributed by atoms with E-state index in [1.165, 1.54) is 6.20 Å². The molecule has 0 aliphatic rings. The van der Waals surface area contributed by atoms with Crippen molar-refractivity contribution >= 4 is 21.9 Å². The van der Waals surface area contributed by atoms with Gasteiger partial charge >= 0.3 is 5.97 Å². The van der Waals surface area contributed by atoms with Crippen LogP contribution in [0.5, 0.6) is 0 Å². The lowest BCUT2D eigenvalue weighted by molar-refractivity contribution is 0.0472. The van der Waals surface area contributed by atoms with Gasteiger partial charge in [0.1, 0.15) is 6.61 Å². The average Bonchev–Trinajstić information content (AvgIpc) is 2.45. The van der Waals surface area contributed by atoms with E-state index in [2.05, 4.69) is 20.9 Å². The third-order valence-corrected chi connectivity index (χ3v) is 2.83. The molecule has 0 saturated carbocycles. The summed E-state index contributed by atoms with van der Waals surface area (Å²) in [6, 6.07) is 10.6. The van der Waals surface area contributed by atoms with Gasteiger partial charge in [-0.2, -0.15) is 5.26 Å². The molecule has 0 N–H and O–H groups in total. The van der Waals surface area contributed by atoms with Gasteiger partial charge in [-0.15, -0.1) is 0 Å². The minimum absolute atomic E-state index is 0.164. The van der Waals surface area contributed by atoms with E-state index >= 15 is 0 Å². The third-order valence-electron chi connectivity index (χ3n) is 2.39. The van der Waals surface area contributed by atoms with Crippen molar-refractivity contribution in [3.63, 3.8) is 0 Å². The summed E-state index contributed by atoms with van der Waals surface area (Å²) in [6.45, 7) is 0.164. The Morgan fingerprint density at radius 2 is 2.05 bits per heavy atom. The zero-order chi connectivity index (χ0) is 13.7. The molecule has 1 aromatic carbocycles. The van der Waals surface area contributed by atoms with E-state index in [1.807, 2.05) is 6.07 Å². The second-order valence-electron chi connectivity index (χ2n) is 3.78. The van der Waals surface area contributed by atoms with Gasteiger partial charge in [-0.25, -0.2) is 4.79 Å². The molecule has 4 nitrogen and oxygen atoms in total. The lowest BCUT2D eigenvalue weighted by Crippen LogP contribution is -2.05. The highest BCUT2D eigenvalue weighted by molar-refractivity contribution is 9.10. The van der Waals surface area contributed by atoms with Crippen LogP contribution in [0.2, 0.25) is 0 Å². The highest BCUT2D eigenvalue weighted by Gasteiger charge is 2.08. The molecule has 0 amide bonds. The van der Waals surface area contributed by atoms with Gasteiger partial charge in [0.15, 0.2) is 0 Å². The van der Waals surface area contributed by atoms with E-state index in [1.54, 1.807) is 36.5 Å². The van der Waals surface area contributed by atoms with Gasteiger partial charge in [-0.3, -0.25) is 4.98 Å². The van der Waals surface area contributed by atoms with Gasteiger partial charge in [0, 0.05) is 16.9 Å². The lowest BCUT2D eigenvalue weighted by atomic mass is 10.1. The van der Waals surface area contributed by atoms with E-state index in [-0.39, 0.29) is 6.61 Å². The number of rotatable bonds is 3. The number of hydrogen-bond donors (Lipinski definition) is 0. The number of ether oxygens (including phenoxy) is 1. The summed E-state index contributed by atoms with van der Waals surface area (Å²) in [6.07, 6.45) is 3.04. The van der Waals surface area contributed by atoms with Crippen molar-refractivity contribution in [2.45, 2.75) is 6.61 Å². The average molecular weight is 317 g/mol. The Morgan fingerprint density at radius 1 is 1.32 bits per heavy atom. The van der Waals surface area contributed by atoms with Crippen LogP contribution in [-0.4, -0.2) is 11.0 Å². The van der Waals surface area contributed by atoms with Crippen molar-refractivity contribution in [2.24, 2.45) is 0 Å². The highest BCUT2D eigenvalue weighted by atomic mass is 79.9. The van der Waals surface area contributed by atoms with Crippen LogP contribution in [0.4, 0.5) is 0 Å². The summed E-state index contributed by atoms with van der Waals surface area (Å²) >= 11 is 3.24. The maximum atomic E-state index is 11.8. The number of benzene rings is 1. The van der Waals surface area contributed by atoms with Crippen molar-refractivity contribution in [1.29, 1.82) is 5.26 Å². The third kappa shape index (κ3) is 3.63. The standard InChI is InChI=1S/C14H9BrN2O2/c15-13-5-12(7-17-8-13)14(18)19-9-11-3-1-10(6-16)2-4-11/h1-5,7-8H,9H2. The number of esters is 1. The lowest BCUT2D eigenvalue weighted by Gasteiger charge is -2.05. The molecule has 1 aromatic heterocycles. The van der Waals surface area contributed by atoms with Crippen LogP contribution in [0.1, 0.15) is 21.5 Å². The number of hydrogen-bond acceptors (Lipinski definition) is 4. The molecule has 0 atom stereocenters. The maximum Gasteiger partial charge on any atom is 0.340 e. The predicted molar refractivity (Wildman–Crippen MR) is 72.2 cm³/mol. The monoisotopic (exact) mass is 316 g/mol. The Balaban J connectivity index is 1.98. The molecule has 0 spiro atoms. The predicted octanol–water partition coefficient (Wildman–Crippen LogP) is 3.07. The first-order chi connectivity index (χ1) is 9.19. The topological polar surface area (TPSA) is 63.0 Å². The van der Waals surface area contributed by atoms with Gasteiger partial charge < -0.3 is 4.74 Å². The van der Waals surface area contributed by atoms with Crippen molar-refractivity contribution in [3.8, 4) is 6.07 Å². The van der Waals surface area contributed by atoms with E-state index in [0.29, 0.717) is 11.1 Å². The quantitative estimate of drug-likeness (QED) is 0.816. The van der Waals surface area contributed by atoms with Crippen LogP contribution in [-0.2, 0) is 11.3 Å². The molecule has 94 valence electrons. The van der Waals surface area contributed by atoms with E-state index < -0.39 is 5.97 Å². The zero-order valence-electron chi connectivity index (χ0n) is 9.84. The number of aromatic nitrogens is 1. The van der Waals surface area contributed by atoms with Gasteiger partial charge in [-0.1, -0.05) is 12.1 Å². The molecule has 2 rings (SSSR count). The van der Waals surface area contributed by atoms with Crippen LogP contribution in [0.3, 0.4) is 0 Å². The molecule has 19 heavy (non-hydrogen) atoms. The second kappa shape index (κ2) is 6.12. The van der Waals surface area contributed by atoms with Crippen molar-refractivity contribution in [1.82, 2.24) is 4.98 Å². The number of carbonyl (C=O) groups excluding carboxylic acids is 1. The number of nitrogens with zero attached hydrogens (tertiary/aromatic N) is 2. The van der Waals surface area contributed by atoms with Crippen molar-refractivity contribution in [2.75, 3.05) is 0 Å². The van der Waals surface area contributed by atoms with E-state index in [9.17, 15) is 4.79 Å². The van der Waals surface area contributed by atoms with Crippen molar-refractivity contribution in [3.05, 3.63) is 63.9 Å². The molecule has 5 heteroatoms. The number of pyridine rings is 1. The van der Waals surface area contributed by atoms with Gasteiger partial charge in [0.2, 0.25) is 0 Å². The summed E-state index contributed by atoms with van der Waals surface area (Å²) in [4.78, 5) is 15.7. The Hall–Kier alpha value is -2.19. The summed E-state index contributed by atoms with van der Waals surface area (Å²) in [5.74, 6) is -0.432. The summed E-state index contributed by atoms with van der Waals surface area (Å²) in [5, 5.41) is 8.67.